The summed E-state index contributed by atoms with van der Waals surface area (Å²) in [5.74, 6) is 0.853. The van der Waals surface area contributed by atoms with E-state index in [1.165, 1.54) is 0 Å². The lowest BCUT2D eigenvalue weighted by atomic mass is 10.3. The van der Waals surface area contributed by atoms with Gasteiger partial charge in [0.05, 0.1) is 11.9 Å². The molecule has 0 atom stereocenters. The lowest BCUT2D eigenvalue weighted by Crippen LogP contribution is -2.08. The second-order valence-electron chi connectivity index (χ2n) is 4.09. The molecule has 0 aliphatic carbocycles. The number of aryl methyl sites for hydroxylation is 1. The van der Waals surface area contributed by atoms with Crippen molar-refractivity contribution >= 4 is 11.3 Å². The van der Waals surface area contributed by atoms with Gasteiger partial charge in [-0.2, -0.15) is 10.2 Å². The topological polar surface area (TPSA) is 60.0 Å². The normalized spacial score (nSPS) is 10.9. The Labute approximate surface area is 104 Å². The van der Waals surface area contributed by atoms with Crippen molar-refractivity contribution in [2.24, 2.45) is 7.05 Å². The quantitative estimate of drug-likeness (QED) is 0.744. The fraction of sp³-hybridized carbons (Fsp3) is 0.250. The summed E-state index contributed by atoms with van der Waals surface area (Å²) in [5.41, 5.74) is 2.06. The smallest absolute Gasteiger partial charge is 0.152 e. The van der Waals surface area contributed by atoms with E-state index in [1.807, 2.05) is 36.3 Å². The SMILES string of the molecule is Cn1ccc(CCNc2nccn3nccc23)n1. The molecule has 0 bridgehead atoms. The van der Waals surface area contributed by atoms with Crippen LogP contribution in [-0.2, 0) is 13.5 Å². The van der Waals surface area contributed by atoms with E-state index < -0.39 is 0 Å². The molecule has 3 heterocycles. The number of hydrogen-bond donors (Lipinski definition) is 1. The highest BCUT2D eigenvalue weighted by atomic mass is 15.2. The summed E-state index contributed by atoms with van der Waals surface area (Å²) < 4.78 is 3.61. The minimum Gasteiger partial charge on any atom is -0.368 e. The lowest BCUT2D eigenvalue weighted by Gasteiger charge is -2.05. The molecule has 0 unspecified atom stereocenters. The Morgan fingerprint density at radius 2 is 2.17 bits per heavy atom. The fourth-order valence-corrected chi connectivity index (χ4v) is 1.90. The predicted molar refractivity (Wildman–Crippen MR) is 68.4 cm³/mol. The van der Waals surface area contributed by atoms with Crippen LogP contribution >= 0.6 is 0 Å². The summed E-state index contributed by atoms with van der Waals surface area (Å²) in [5, 5.41) is 11.8. The van der Waals surface area contributed by atoms with Crippen molar-refractivity contribution in [1.29, 1.82) is 0 Å². The first-order valence-corrected chi connectivity index (χ1v) is 5.84. The zero-order valence-corrected chi connectivity index (χ0v) is 10.1. The van der Waals surface area contributed by atoms with Gasteiger partial charge in [0.1, 0.15) is 5.52 Å². The van der Waals surface area contributed by atoms with Crippen molar-refractivity contribution in [2.75, 3.05) is 11.9 Å². The van der Waals surface area contributed by atoms with Gasteiger partial charge in [-0.05, 0) is 12.1 Å². The van der Waals surface area contributed by atoms with E-state index in [2.05, 4.69) is 20.5 Å². The Kier molecular flexibility index (Phi) is 2.68. The number of aromatic nitrogens is 5. The Hall–Kier alpha value is -2.37. The third-order valence-electron chi connectivity index (χ3n) is 2.77. The average Bonchev–Trinajstić information content (AvgIpc) is 2.98. The molecule has 0 radical (unpaired) electrons. The first-order valence-electron chi connectivity index (χ1n) is 5.84. The van der Waals surface area contributed by atoms with Gasteiger partial charge < -0.3 is 5.32 Å². The van der Waals surface area contributed by atoms with E-state index in [0.29, 0.717) is 0 Å². The molecule has 92 valence electrons. The standard InChI is InChI=1S/C12H14N6/c1-17-8-4-10(16-17)2-5-13-12-11-3-6-15-18(11)9-7-14-12/h3-4,6-9H,2,5H2,1H3,(H,13,14). The van der Waals surface area contributed by atoms with Crippen LogP contribution in [-0.4, -0.2) is 30.9 Å². The largest absolute Gasteiger partial charge is 0.368 e. The maximum atomic E-state index is 4.33. The summed E-state index contributed by atoms with van der Waals surface area (Å²) in [6, 6.07) is 3.96. The van der Waals surface area contributed by atoms with Crippen molar-refractivity contribution in [3.05, 3.63) is 42.6 Å². The monoisotopic (exact) mass is 242 g/mol. The molecular weight excluding hydrogens is 228 g/mol. The first-order chi connectivity index (χ1) is 8.83. The molecule has 3 aromatic heterocycles. The van der Waals surface area contributed by atoms with Crippen molar-refractivity contribution in [2.45, 2.75) is 6.42 Å². The fourth-order valence-electron chi connectivity index (χ4n) is 1.90. The zero-order valence-electron chi connectivity index (χ0n) is 10.1. The van der Waals surface area contributed by atoms with E-state index in [4.69, 9.17) is 0 Å². The van der Waals surface area contributed by atoms with Crippen LogP contribution in [0.4, 0.5) is 5.82 Å². The minimum atomic E-state index is 0.800. The molecule has 0 aliphatic rings. The van der Waals surface area contributed by atoms with Crippen LogP contribution in [0.3, 0.4) is 0 Å². The van der Waals surface area contributed by atoms with Gasteiger partial charge in [-0.25, -0.2) is 9.50 Å². The van der Waals surface area contributed by atoms with Gasteiger partial charge in [-0.1, -0.05) is 0 Å². The number of fused-ring (bicyclic) bond motifs is 1. The van der Waals surface area contributed by atoms with Gasteiger partial charge in [0.25, 0.3) is 0 Å². The maximum Gasteiger partial charge on any atom is 0.152 e. The van der Waals surface area contributed by atoms with E-state index in [-0.39, 0.29) is 0 Å². The summed E-state index contributed by atoms with van der Waals surface area (Å²) >= 11 is 0. The number of nitrogens with zero attached hydrogens (tertiary/aromatic N) is 5. The molecule has 0 amide bonds. The summed E-state index contributed by atoms with van der Waals surface area (Å²) in [6.45, 7) is 0.800. The van der Waals surface area contributed by atoms with E-state index in [0.717, 1.165) is 30.0 Å². The Morgan fingerprint density at radius 3 is 3.00 bits per heavy atom. The second-order valence-corrected chi connectivity index (χ2v) is 4.09. The summed E-state index contributed by atoms with van der Waals surface area (Å²) in [6.07, 6.45) is 8.16. The first kappa shape index (κ1) is 10.8. The van der Waals surface area contributed by atoms with Gasteiger partial charge in [0, 0.05) is 38.6 Å². The second kappa shape index (κ2) is 4.48. The van der Waals surface area contributed by atoms with Crippen LogP contribution in [0.15, 0.2) is 36.9 Å². The molecule has 0 aromatic carbocycles. The van der Waals surface area contributed by atoms with Crippen LogP contribution in [0, 0.1) is 0 Å². The molecular formula is C12H14N6. The lowest BCUT2D eigenvalue weighted by molar-refractivity contribution is 0.742. The van der Waals surface area contributed by atoms with Gasteiger partial charge >= 0.3 is 0 Å². The average molecular weight is 242 g/mol. The predicted octanol–water partition coefficient (Wildman–Crippen LogP) is 1.12. The summed E-state index contributed by atoms with van der Waals surface area (Å²) in [4.78, 5) is 4.32. The molecule has 0 fully saturated rings. The summed E-state index contributed by atoms with van der Waals surface area (Å²) in [7, 11) is 1.92. The van der Waals surface area contributed by atoms with Crippen LogP contribution < -0.4 is 5.32 Å². The van der Waals surface area contributed by atoms with Crippen molar-refractivity contribution in [1.82, 2.24) is 24.4 Å². The highest BCUT2D eigenvalue weighted by Crippen LogP contribution is 2.11. The van der Waals surface area contributed by atoms with Crippen LogP contribution in [0.2, 0.25) is 0 Å². The van der Waals surface area contributed by atoms with Gasteiger partial charge in [0.15, 0.2) is 5.82 Å². The molecule has 6 heteroatoms. The van der Waals surface area contributed by atoms with E-state index >= 15 is 0 Å². The number of hydrogen-bond acceptors (Lipinski definition) is 4. The van der Waals surface area contributed by atoms with Gasteiger partial charge in [-0.15, -0.1) is 0 Å². The van der Waals surface area contributed by atoms with Crippen LogP contribution in [0.25, 0.3) is 5.52 Å². The van der Waals surface area contributed by atoms with Crippen molar-refractivity contribution in [3.63, 3.8) is 0 Å². The molecule has 1 N–H and O–H groups in total. The Balaban J connectivity index is 1.68. The molecule has 3 rings (SSSR count). The third-order valence-corrected chi connectivity index (χ3v) is 2.77. The molecule has 3 aromatic rings. The van der Waals surface area contributed by atoms with Crippen molar-refractivity contribution < 1.29 is 0 Å². The molecule has 0 aliphatic heterocycles. The molecule has 0 spiro atoms. The molecule has 0 saturated carbocycles. The van der Waals surface area contributed by atoms with E-state index in [9.17, 15) is 0 Å². The van der Waals surface area contributed by atoms with Gasteiger partial charge in [-0.3, -0.25) is 4.68 Å². The van der Waals surface area contributed by atoms with E-state index in [1.54, 1.807) is 16.9 Å². The minimum absolute atomic E-state index is 0.800. The number of rotatable bonds is 4. The third kappa shape index (κ3) is 2.04. The Bertz CT molecular complexity index is 653. The number of nitrogens with one attached hydrogen (secondary N) is 1. The zero-order chi connectivity index (χ0) is 12.4. The molecule has 18 heavy (non-hydrogen) atoms. The highest BCUT2D eigenvalue weighted by Gasteiger charge is 2.02. The maximum absolute atomic E-state index is 4.33. The van der Waals surface area contributed by atoms with Crippen LogP contribution in [0.1, 0.15) is 5.69 Å². The van der Waals surface area contributed by atoms with Gasteiger partial charge in [0.2, 0.25) is 0 Å². The Morgan fingerprint density at radius 1 is 1.22 bits per heavy atom. The molecule has 0 saturated heterocycles. The highest BCUT2D eigenvalue weighted by molar-refractivity contribution is 5.66. The van der Waals surface area contributed by atoms with Crippen molar-refractivity contribution in [3.8, 4) is 0 Å². The number of anilines is 1. The molecule has 6 nitrogen and oxygen atoms in total. The van der Waals surface area contributed by atoms with Crippen LogP contribution in [0.5, 0.6) is 0 Å².